The van der Waals surface area contributed by atoms with E-state index in [2.05, 4.69) is 10.9 Å². The van der Waals surface area contributed by atoms with Gasteiger partial charge in [0.1, 0.15) is 5.75 Å². The van der Waals surface area contributed by atoms with Crippen molar-refractivity contribution in [2.45, 2.75) is 26.9 Å². The molecule has 0 aliphatic carbocycles. The maximum atomic E-state index is 12.1. The minimum atomic E-state index is -0.786. The summed E-state index contributed by atoms with van der Waals surface area (Å²) in [6.07, 6.45) is -0.786. The van der Waals surface area contributed by atoms with Crippen molar-refractivity contribution in [2.24, 2.45) is 0 Å². The first kappa shape index (κ1) is 18.0. The van der Waals surface area contributed by atoms with Gasteiger partial charge in [-0.05, 0) is 56.2 Å². The number of nitrogens with one attached hydrogen (secondary N) is 2. The van der Waals surface area contributed by atoms with Gasteiger partial charge in [-0.1, -0.05) is 18.2 Å². The van der Waals surface area contributed by atoms with Gasteiger partial charge in [0.2, 0.25) is 0 Å². The van der Waals surface area contributed by atoms with E-state index in [4.69, 9.17) is 10.00 Å². The Morgan fingerprint density at radius 2 is 1.84 bits per heavy atom. The Morgan fingerprint density at radius 1 is 1.12 bits per heavy atom. The molecule has 2 rings (SSSR count). The van der Waals surface area contributed by atoms with E-state index in [-0.39, 0.29) is 5.56 Å². The molecule has 2 aromatic rings. The molecule has 2 aromatic carbocycles. The fourth-order valence-corrected chi connectivity index (χ4v) is 2.12. The maximum absolute atomic E-state index is 12.1. The highest BCUT2D eigenvalue weighted by molar-refractivity contribution is 5.96. The molecule has 25 heavy (non-hydrogen) atoms. The van der Waals surface area contributed by atoms with E-state index >= 15 is 0 Å². The number of amides is 2. The molecule has 1 atom stereocenters. The van der Waals surface area contributed by atoms with Crippen molar-refractivity contribution in [3.63, 3.8) is 0 Å². The average molecular weight is 337 g/mol. The van der Waals surface area contributed by atoms with Gasteiger partial charge in [0.15, 0.2) is 6.10 Å². The molecule has 0 spiro atoms. The fourth-order valence-electron chi connectivity index (χ4n) is 2.12. The third kappa shape index (κ3) is 4.58. The Kier molecular flexibility index (Phi) is 5.75. The number of hydrazine groups is 1. The zero-order valence-corrected chi connectivity index (χ0v) is 14.3. The normalized spacial score (nSPS) is 11.1. The average Bonchev–Trinajstić information content (AvgIpc) is 2.63. The van der Waals surface area contributed by atoms with Crippen LogP contribution in [-0.2, 0) is 4.79 Å². The number of nitriles is 1. The van der Waals surface area contributed by atoms with Crippen LogP contribution in [-0.4, -0.2) is 17.9 Å². The second-order valence-corrected chi connectivity index (χ2v) is 5.59. The highest BCUT2D eigenvalue weighted by atomic mass is 16.5. The van der Waals surface area contributed by atoms with E-state index in [1.54, 1.807) is 31.2 Å². The van der Waals surface area contributed by atoms with Crippen LogP contribution in [0.5, 0.6) is 5.75 Å². The molecule has 0 radical (unpaired) electrons. The molecule has 128 valence electrons. The first-order chi connectivity index (χ1) is 11.9. The molecule has 1 unspecified atom stereocenters. The van der Waals surface area contributed by atoms with Gasteiger partial charge < -0.3 is 4.74 Å². The van der Waals surface area contributed by atoms with E-state index in [9.17, 15) is 9.59 Å². The van der Waals surface area contributed by atoms with Crippen LogP contribution in [0.25, 0.3) is 0 Å². The summed E-state index contributed by atoms with van der Waals surface area (Å²) >= 11 is 0. The first-order valence-corrected chi connectivity index (χ1v) is 7.75. The van der Waals surface area contributed by atoms with Gasteiger partial charge in [0.05, 0.1) is 11.6 Å². The molecule has 2 N–H and O–H groups in total. The summed E-state index contributed by atoms with van der Waals surface area (Å²) in [7, 11) is 0. The second-order valence-electron chi connectivity index (χ2n) is 5.59. The van der Waals surface area contributed by atoms with Crippen LogP contribution in [0.15, 0.2) is 42.5 Å². The molecule has 0 aliphatic rings. The zero-order valence-electron chi connectivity index (χ0n) is 14.3. The minimum absolute atomic E-state index is 0.280. The van der Waals surface area contributed by atoms with E-state index in [0.29, 0.717) is 11.3 Å². The van der Waals surface area contributed by atoms with Gasteiger partial charge >= 0.3 is 0 Å². The van der Waals surface area contributed by atoms with Gasteiger partial charge in [0.25, 0.3) is 11.8 Å². The number of nitrogens with zero attached hydrogens (tertiary/aromatic N) is 1. The van der Waals surface area contributed by atoms with E-state index < -0.39 is 17.9 Å². The molecule has 2 amide bonds. The van der Waals surface area contributed by atoms with Gasteiger partial charge in [-0.2, -0.15) is 5.26 Å². The predicted octanol–water partition coefficient (Wildman–Crippen LogP) is 2.40. The lowest BCUT2D eigenvalue weighted by molar-refractivity contribution is -0.128. The highest BCUT2D eigenvalue weighted by Crippen LogP contribution is 2.21. The number of carbonyl (C=O) groups is 2. The van der Waals surface area contributed by atoms with Gasteiger partial charge in [-0.3, -0.25) is 20.4 Å². The minimum Gasteiger partial charge on any atom is -0.481 e. The van der Waals surface area contributed by atoms with Crippen molar-refractivity contribution < 1.29 is 14.3 Å². The van der Waals surface area contributed by atoms with Crippen LogP contribution in [0.3, 0.4) is 0 Å². The zero-order chi connectivity index (χ0) is 18.4. The predicted molar refractivity (Wildman–Crippen MR) is 92.8 cm³/mol. The highest BCUT2D eigenvalue weighted by Gasteiger charge is 2.17. The standard InChI is InChI=1S/C19H19N3O3/c1-12-6-4-9-17(13(12)2)25-14(3)18(23)21-22-19(24)16-8-5-7-15(10-16)11-20/h4-10,14H,1-3H3,(H,21,23)(H,22,24). The monoisotopic (exact) mass is 337 g/mol. The summed E-state index contributed by atoms with van der Waals surface area (Å²) in [6.45, 7) is 5.47. The smallest absolute Gasteiger partial charge is 0.279 e. The molecule has 0 aromatic heterocycles. The molecular formula is C19H19N3O3. The second kappa shape index (κ2) is 7.97. The topological polar surface area (TPSA) is 91.2 Å². The number of aryl methyl sites for hydroxylation is 1. The fraction of sp³-hybridized carbons (Fsp3) is 0.211. The van der Waals surface area contributed by atoms with E-state index in [1.807, 2.05) is 32.0 Å². The van der Waals surface area contributed by atoms with Crippen molar-refractivity contribution in [3.05, 3.63) is 64.7 Å². The van der Waals surface area contributed by atoms with Crippen LogP contribution in [0.4, 0.5) is 0 Å². The van der Waals surface area contributed by atoms with Gasteiger partial charge in [-0.15, -0.1) is 0 Å². The molecule has 0 heterocycles. The number of rotatable bonds is 4. The SMILES string of the molecule is Cc1cccc(OC(C)C(=O)NNC(=O)c2cccc(C#N)c2)c1C. The van der Waals surface area contributed by atoms with Crippen molar-refractivity contribution in [2.75, 3.05) is 0 Å². The lowest BCUT2D eigenvalue weighted by atomic mass is 10.1. The summed E-state index contributed by atoms with van der Waals surface area (Å²) in [6, 6.07) is 13.7. The van der Waals surface area contributed by atoms with Crippen molar-refractivity contribution in [1.29, 1.82) is 5.26 Å². The Balaban J connectivity index is 1.94. The summed E-state index contributed by atoms with van der Waals surface area (Å²) in [4.78, 5) is 24.1. The van der Waals surface area contributed by atoms with Crippen molar-refractivity contribution in [1.82, 2.24) is 10.9 Å². The van der Waals surface area contributed by atoms with Crippen LogP contribution in [0, 0.1) is 25.2 Å². The number of benzene rings is 2. The Hall–Kier alpha value is -3.33. The molecule has 6 heteroatoms. The Labute approximate surface area is 146 Å². The number of hydrogen-bond acceptors (Lipinski definition) is 4. The molecule has 0 saturated carbocycles. The lowest BCUT2D eigenvalue weighted by Crippen LogP contribution is -2.47. The molecule has 0 fully saturated rings. The molecular weight excluding hydrogens is 318 g/mol. The summed E-state index contributed by atoms with van der Waals surface area (Å²) in [5.41, 5.74) is 7.31. The number of ether oxygens (including phenoxy) is 1. The molecule has 0 aliphatic heterocycles. The Morgan fingerprint density at radius 3 is 2.56 bits per heavy atom. The summed E-state index contributed by atoms with van der Waals surface area (Å²) in [5.74, 6) is -0.370. The number of carbonyl (C=O) groups excluding carboxylic acids is 2. The number of hydrogen-bond donors (Lipinski definition) is 2. The third-order valence-corrected chi connectivity index (χ3v) is 3.78. The third-order valence-electron chi connectivity index (χ3n) is 3.78. The van der Waals surface area contributed by atoms with Crippen LogP contribution in [0.1, 0.15) is 34.0 Å². The maximum Gasteiger partial charge on any atom is 0.279 e. The quantitative estimate of drug-likeness (QED) is 0.838. The van der Waals surface area contributed by atoms with Crippen molar-refractivity contribution >= 4 is 11.8 Å². The van der Waals surface area contributed by atoms with Gasteiger partial charge in [0, 0.05) is 5.56 Å². The largest absolute Gasteiger partial charge is 0.481 e. The lowest BCUT2D eigenvalue weighted by Gasteiger charge is -2.17. The van der Waals surface area contributed by atoms with Gasteiger partial charge in [-0.25, -0.2) is 0 Å². The first-order valence-electron chi connectivity index (χ1n) is 7.75. The van der Waals surface area contributed by atoms with Crippen molar-refractivity contribution in [3.8, 4) is 11.8 Å². The summed E-state index contributed by atoms with van der Waals surface area (Å²) < 4.78 is 5.66. The molecule has 0 bridgehead atoms. The van der Waals surface area contributed by atoms with Crippen LogP contribution >= 0.6 is 0 Å². The van der Waals surface area contributed by atoms with Crippen LogP contribution in [0.2, 0.25) is 0 Å². The van der Waals surface area contributed by atoms with Crippen LogP contribution < -0.4 is 15.6 Å². The summed E-state index contributed by atoms with van der Waals surface area (Å²) in [5, 5.41) is 8.85. The van der Waals surface area contributed by atoms with E-state index in [0.717, 1.165) is 11.1 Å². The van der Waals surface area contributed by atoms with E-state index in [1.165, 1.54) is 6.07 Å². The Bertz CT molecular complexity index is 840. The molecule has 0 saturated heterocycles. The molecule has 6 nitrogen and oxygen atoms in total.